The average molecular weight is 369 g/mol. The molecule has 0 aliphatic heterocycles. The van der Waals surface area contributed by atoms with Crippen LogP contribution in [0, 0.1) is 11.9 Å². The zero-order valence-electron chi connectivity index (χ0n) is 13.5. The van der Waals surface area contributed by atoms with Crippen LogP contribution >= 0.6 is 23.7 Å². The van der Waals surface area contributed by atoms with Gasteiger partial charge in [-0.2, -0.15) is 4.39 Å². The zero-order chi connectivity index (χ0) is 16.6. The van der Waals surface area contributed by atoms with Gasteiger partial charge in [0, 0.05) is 17.1 Å². The van der Waals surface area contributed by atoms with E-state index in [4.69, 9.17) is 0 Å². The minimum absolute atomic E-state index is 0. The largest absolute Gasteiger partial charge is 0.310 e. The molecular formula is C16H18ClFN4OS. The molecule has 1 atom stereocenters. The molecule has 24 heavy (non-hydrogen) atoms. The molecule has 1 unspecified atom stereocenters. The summed E-state index contributed by atoms with van der Waals surface area (Å²) in [6, 6.07) is 4.85. The highest BCUT2D eigenvalue weighted by atomic mass is 35.5. The van der Waals surface area contributed by atoms with Gasteiger partial charge in [-0.1, -0.05) is 13.8 Å². The Bertz CT molecular complexity index is 908. The summed E-state index contributed by atoms with van der Waals surface area (Å²) in [6.07, 6.45) is 1.41. The molecule has 0 saturated carbocycles. The number of hydrogen-bond donors (Lipinski definition) is 2. The van der Waals surface area contributed by atoms with Crippen molar-refractivity contribution in [2.45, 2.75) is 19.9 Å². The second kappa shape index (κ2) is 7.38. The molecule has 0 amide bonds. The quantitative estimate of drug-likeness (QED) is 0.691. The molecule has 0 radical (unpaired) electrons. The second-order valence-electron chi connectivity index (χ2n) is 5.65. The summed E-state index contributed by atoms with van der Waals surface area (Å²) in [5.74, 6) is 0.357. The van der Waals surface area contributed by atoms with E-state index in [0.29, 0.717) is 21.6 Å². The third-order valence-corrected chi connectivity index (χ3v) is 4.86. The van der Waals surface area contributed by atoms with Crippen molar-refractivity contribution in [1.82, 2.24) is 20.3 Å². The molecule has 0 fully saturated rings. The Labute approximate surface area is 148 Å². The first-order valence-corrected chi connectivity index (χ1v) is 8.14. The lowest BCUT2D eigenvalue weighted by molar-refractivity contribution is 0.423. The van der Waals surface area contributed by atoms with E-state index < -0.39 is 5.95 Å². The summed E-state index contributed by atoms with van der Waals surface area (Å²) in [5, 5.41) is 3.17. The molecule has 5 nitrogen and oxygen atoms in total. The lowest BCUT2D eigenvalue weighted by atomic mass is 10.0. The van der Waals surface area contributed by atoms with Gasteiger partial charge in [0.2, 0.25) is 5.95 Å². The van der Waals surface area contributed by atoms with Crippen molar-refractivity contribution in [2.24, 2.45) is 5.92 Å². The van der Waals surface area contributed by atoms with Gasteiger partial charge in [-0.15, -0.1) is 23.7 Å². The molecule has 0 aliphatic rings. The van der Waals surface area contributed by atoms with Crippen LogP contribution in [0.3, 0.4) is 0 Å². The molecule has 0 bridgehead atoms. The Hall–Kier alpha value is -1.83. The van der Waals surface area contributed by atoms with Crippen molar-refractivity contribution in [1.29, 1.82) is 0 Å². The van der Waals surface area contributed by atoms with Gasteiger partial charge in [-0.3, -0.25) is 4.79 Å². The van der Waals surface area contributed by atoms with Gasteiger partial charge >= 0.3 is 0 Å². The lowest BCUT2D eigenvalue weighted by Gasteiger charge is -2.18. The van der Waals surface area contributed by atoms with Crippen molar-refractivity contribution in [3.8, 4) is 10.4 Å². The minimum Gasteiger partial charge on any atom is -0.310 e. The summed E-state index contributed by atoms with van der Waals surface area (Å²) in [5.41, 5.74) is 1.15. The number of pyridine rings is 1. The van der Waals surface area contributed by atoms with Gasteiger partial charge in [-0.25, -0.2) is 9.97 Å². The molecule has 0 aliphatic carbocycles. The molecule has 2 N–H and O–H groups in total. The minimum atomic E-state index is -0.544. The number of hydrogen-bond acceptors (Lipinski definition) is 5. The number of nitrogens with zero attached hydrogens (tertiary/aromatic N) is 2. The van der Waals surface area contributed by atoms with E-state index in [-0.39, 0.29) is 29.9 Å². The SMILES string of the molecule is CNC(c1nc2cc(-c3ccnc(F)c3)sc2c(=O)[nH]1)C(C)C.Cl. The van der Waals surface area contributed by atoms with Crippen molar-refractivity contribution >= 4 is 34.0 Å². The fourth-order valence-electron chi connectivity index (χ4n) is 2.59. The molecule has 0 spiro atoms. The second-order valence-corrected chi connectivity index (χ2v) is 6.71. The monoisotopic (exact) mass is 368 g/mol. The lowest BCUT2D eigenvalue weighted by Crippen LogP contribution is -2.26. The van der Waals surface area contributed by atoms with Crippen LogP contribution in [0.4, 0.5) is 4.39 Å². The fraction of sp³-hybridized carbons (Fsp3) is 0.312. The van der Waals surface area contributed by atoms with E-state index in [2.05, 4.69) is 34.1 Å². The number of rotatable bonds is 4. The van der Waals surface area contributed by atoms with Crippen LogP contribution in [0.25, 0.3) is 20.7 Å². The topological polar surface area (TPSA) is 70.7 Å². The van der Waals surface area contributed by atoms with Crippen LogP contribution in [0.5, 0.6) is 0 Å². The smallest absolute Gasteiger partial charge is 0.268 e. The Morgan fingerprint density at radius 3 is 2.71 bits per heavy atom. The van der Waals surface area contributed by atoms with E-state index in [9.17, 15) is 9.18 Å². The molecule has 128 valence electrons. The molecule has 0 saturated heterocycles. The molecule has 8 heteroatoms. The average Bonchev–Trinajstić information content (AvgIpc) is 2.92. The van der Waals surface area contributed by atoms with Gasteiger partial charge in [-0.05, 0) is 30.7 Å². The van der Waals surface area contributed by atoms with Crippen molar-refractivity contribution in [2.75, 3.05) is 7.05 Å². The van der Waals surface area contributed by atoms with Crippen LogP contribution in [0.2, 0.25) is 0 Å². The first-order valence-electron chi connectivity index (χ1n) is 7.32. The highest BCUT2D eigenvalue weighted by Gasteiger charge is 2.18. The van der Waals surface area contributed by atoms with Crippen molar-refractivity contribution in [3.63, 3.8) is 0 Å². The van der Waals surface area contributed by atoms with Gasteiger partial charge in [0.1, 0.15) is 10.5 Å². The number of H-pyrrole nitrogens is 1. The van der Waals surface area contributed by atoms with Crippen molar-refractivity contribution < 1.29 is 4.39 Å². The molecule has 3 aromatic heterocycles. The van der Waals surface area contributed by atoms with Gasteiger partial charge < -0.3 is 10.3 Å². The van der Waals surface area contributed by atoms with Gasteiger partial charge in [0.25, 0.3) is 5.56 Å². The highest BCUT2D eigenvalue weighted by molar-refractivity contribution is 7.22. The summed E-state index contributed by atoms with van der Waals surface area (Å²) in [7, 11) is 1.84. The summed E-state index contributed by atoms with van der Waals surface area (Å²) >= 11 is 1.30. The van der Waals surface area contributed by atoms with Crippen LogP contribution in [-0.4, -0.2) is 22.0 Å². The highest BCUT2D eigenvalue weighted by Crippen LogP contribution is 2.31. The predicted octanol–water partition coefficient (Wildman–Crippen LogP) is 3.52. The van der Waals surface area contributed by atoms with Crippen LogP contribution < -0.4 is 10.9 Å². The summed E-state index contributed by atoms with van der Waals surface area (Å²) < 4.78 is 13.8. The molecular weight excluding hydrogens is 351 g/mol. The van der Waals surface area contributed by atoms with E-state index >= 15 is 0 Å². The van der Waals surface area contributed by atoms with Crippen LogP contribution in [0.15, 0.2) is 29.2 Å². The first-order chi connectivity index (χ1) is 11.0. The van der Waals surface area contributed by atoms with Crippen LogP contribution in [-0.2, 0) is 0 Å². The number of fused-ring (bicyclic) bond motifs is 1. The van der Waals surface area contributed by atoms with E-state index in [0.717, 1.165) is 4.88 Å². The fourth-order valence-corrected chi connectivity index (χ4v) is 3.58. The Kier molecular flexibility index (Phi) is 5.69. The van der Waals surface area contributed by atoms with E-state index in [1.807, 2.05) is 13.1 Å². The number of nitrogens with one attached hydrogen (secondary N) is 2. The molecule has 3 heterocycles. The Balaban J connectivity index is 0.00000208. The maximum atomic E-state index is 13.3. The maximum absolute atomic E-state index is 13.3. The van der Waals surface area contributed by atoms with Gasteiger partial charge in [0.05, 0.1) is 11.6 Å². The molecule has 0 aromatic carbocycles. The van der Waals surface area contributed by atoms with Crippen LogP contribution in [0.1, 0.15) is 25.7 Å². The van der Waals surface area contributed by atoms with Crippen molar-refractivity contribution in [3.05, 3.63) is 46.5 Å². The number of thiophene rings is 1. The summed E-state index contributed by atoms with van der Waals surface area (Å²) in [4.78, 5) is 24.1. The van der Waals surface area contributed by atoms with E-state index in [1.54, 1.807) is 6.07 Å². The third-order valence-electron chi connectivity index (χ3n) is 3.68. The third kappa shape index (κ3) is 3.48. The zero-order valence-corrected chi connectivity index (χ0v) is 15.1. The predicted molar refractivity (Wildman–Crippen MR) is 97.3 cm³/mol. The Morgan fingerprint density at radius 2 is 2.08 bits per heavy atom. The number of aromatic nitrogens is 3. The first kappa shape index (κ1) is 18.5. The summed E-state index contributed by atoms with van der Waals surface area (Å²) in [6.45, 7) is 4.12. The van der Waals surface area contributed by atoms with E-state index in [1.165, 1.54) is 23.6 Å². The standard InChI is InChI=1S/C16H17FN4OS.ClH/c1-8(2)13(18-3)15-20-10-7-11(23-14(10)16(22)21-15)9-4-5-19-12(17)6-9;/h4-8,13,18H,1-3H3,(H,20,21,22);1H. The number of halogens is 2. The maximum Gasteiger partial charge on any atom is 0.268 e. The molecule has 3 rings (SSSR count). The normalized spacial score (nSPS) is 12.4. The Morgan fingerprint density at radius 1 is 1.33 bits per heavy atom. The number of aromatic amines is 1. The molecule has 3 aromatic rings. The van der Waals surface area contributed by atoms with Gasteiger partial charge in [0.15, 0.2) is 0 Å².